The minimum Gasteiger partial charge on any atom is -0.481 e. The number of carbonyl (C=O) groups is 5. The van der Waals surface area contributed by atoms with Crippen LogP contribution in [0.3, 0.4) is 0 Å². The highest BCUT2D eigenvalue weighted by Crippen LogP contribution is 2.19. The Balaban J connectivity index is 2.18. The van der Waals surface area contributed by atoms with Crippen molar-refractivity contribution >= 4 is 59.2 Å². The molecule has 2 aromatic rings. The number of benzene rings is 1. The molecule has 15 nitrogen and oxygen atoms in total. The van der Waals surface area contributed by atoms with Crippen LogP contribution in [0.4, 0.5) is 0 Å². The lowest BCUT2D eigenvalue weighted by atomic mass is 10.0. The number of fused-ring (bicyclic) bond motifs is 1. The summed E-state index contributed by atoms with van der Waals surface area (Å²) in [5.74, 6) is -5.09. The third kappa shape index (κ3) is 10.6. The number of aromatic amines is 1. The number of para-hydroxylation sites is 1. The number of carboxylic acid groups (broad SMARTS) is 2. The summed E-state index contributed by atoms with van der Waals surface area (Å²) < 4.78 is 0. The number of nitrogens with one attached hydrogen (secondary N) is 4. The van der Waals surface area contributed by atoms with Crippen molar-refractivity contribution in [3.8, 4) is 0 Å². The average Bonchev–Trinajstić information content (AvgIpc) is 3.33. The third-order valence-electron chi connectivity index (χ3n) is 6.11. The number of hydrogen-bond acceptors (Lipinski definition) is 8. The Labute approximate surface area is 241 Å². The van der Waals surface area contributed by atoms with Crippen LogP contribution in [0.25, 0.3) is 10.9 Å². The van der Waals surface area contributed by atoms with Crippen LogP contribution in [0.15, 0.2) is 35.5 Å². The summed E-state index contributed by atoms with van der Waals surface area (Å²) in [6.07, 6.45) is 1.43. The monoisotopic (exact) mass is 592 g/mol. The molecule has 0 aliphatic heterocycles. The molecule has 16 heteroatoms. The number of thiol groups is 1. The molecule has 0 bridgehead atoms. The van der Waals surface area contributed by atoms with Crippen LogP contribution in [0.5, 0.6) is 0 Å². The molecule has 4 unspecified atom stereocenters. The Morgan fingerprint density at radius 3 is 2.20 bits per heavy atom. The van der Waals surface area contributed by atoms with E-state index in [1.54, 1.807) is 12.3 Å². The first-order valence-corrected chi connectivity index (χ1v) is 13.4. The molecule has 1 heterocycles. The molecule has 224 valence electrons. The van der Waals surface area contributed by atoms with Crippen molar-refractivity contribution in [1.82, 2.24) is 20.9 Å². The van der Waals surface area contributed by atoms with Gasteiger partial charge in [0.2, 0.25) is 17.7 Å². The highest BCUT2D eigenvalue weighted by molar-refractivity contribution is 7.80. The number of H-pyrrole nitrogens is 1. The zero-order valence-corrected chi connectivity index (χ0v) is 23.1. The van der Waals surface area contributed by atoms with E-state index in [0.717, 1.165) is 10.9 Å². The lowest BCUT2D eigenvalue weighted by Gasteiger charge is -2.24. The van der Waals surface area contributed by atoms with E-state index in [0.29, 0.717) is 12.0 Å². The fourth-order valence-electron chi connectivity index (χ4n) is 3.92. The molecule has 4 atom stereocenters. The van der Waals surface area contributed by atoms with Gasteiger partial charge in [0, 0.05) is 42.2 Å². The summed E-state index contributed by atoms with van der Waals surface area (Å²) in [5, 5.41) is 26.6. The van der Waals surface area contributed by atoms with Crippen LogP contribution in [0, 0.1) is 0 Å². The van der Waals surface area contributed by atoms with Gasteiger partial charge in [0.15, 0.2) is 5.96 Å². The Morgan fingerprint density at radius 1 is 0.927 bits per heavy atom. The molecule has 0 aliphatic rings. The average molecular weight is 593 g/mol. The van der Waals surface area contributed by atoms with Gasteiger partial charge < -0.3 is 48.3 Å². The van der Waals surface area contributed by atoms with Gasteiger partial charge in [0.05, 0.1) is 6.04 Å². The first-order chi connectivity index (χ1) is 19.4. The van der Waals surface area contributed by atoms with Crippen molar-refractivity contribution in [2.75, 3.05) is 12.3 Å². The maximum Gasteiger partial charge on any atom is 0.326 e. The molecule has 1 aromatic carbocycles. The van der Waals surface area contributed by atoms with E-state index in [-0.39, 0.29) is 37.5 Å². The van der Waals surface area contributed by atoms with E-state index in [2.05, 4.69) is 38.6 Å². The van der Waals surface area contributed by atoms with Crippen LogP contribution in [0.1, 0.15) is 31.2 Å². The van der Waals surface area contributed by atoms with Crippen molar-refractivity contribution in [3.05, 3.63) is 36.0 Å². The molecule has 41 heavy (non-hydrogen) atoms. The summed E-state index contributed by atoms with van der Waals surface area (Å²) in [7, 11) is 0. The van der Waals surface area contributed by atoms with Gasteiger partial charge in [-0.15, -0.1) is 0 Å². The van der Waals surface area contributed by atoms with Crippen LogP contribution in [-0.2, 0) is 30.4 Å². The highest BCUT2D eigenvalue weighted by Gasteiger charge is 2.30. The molecular formula is C25H36N8O7S. The second kappa shape index (κ2) is 16.1. The van der Waals surface area contributed by atoms with Gasteiger partial charge in [-0.2, -0.15) is 12.6 Å². The van der Waals surface area contributed by atoms with E-state index < -0.39 is 60.2 Å². The van der Waals surface area contributed by atoms with Gasteiger partial charge in [0.1, 0.15) is 18.1 Å². The number of nitrogens with zero attached hydrogens (tertiary/aromatic N) is 1. The summed E-state index contributed by atoms with van der Waals surface area (Å²) >= 11 is 4.15. The molecule has 0 saturated heterocycles. The predicted molar refractivity (Wildman–Crippen MR) is 154 cm³/mol. The molecule has 3 amide bonds. The first-order valence-electron chi connectivity index (χ1n) is 12.8. The van der Waals surface area contributed by atoms with Crippen molar-refractivity contribution in [1.29, 1.82) is 0 Å². The number of carbonyl (C=O) groups excluding carboxylic acids is 3. The summed E-state index contributed by atoms with van der Waals surface area (Å²) in [4.78, 5) is 68.5. The number of carboxylic acids is 2. The van der Waals surface area contributed by atoms with Crippen LogP contribution in [-0.4, -0.2) is 87.3 Å². The van der Waals surface area contributed by atoms with Crippen LogP contribution >= 0.6 is 12.6 Å². The maximum atomic E-state index is 13.2. The minimum absolute atomic E-state index is 0.0373. The fraction of sp³-hybridized carbons (Fsp3) is 0.440. The van der Waals surface area contributed by atoms with E-state index in [9.17, 15) is 29.1 Å². The lowest BCUT2D eigenvalue weighted by Crippen LogP contribution is -2.58. The summed E-state index contributed by atoms with van der Waals surface area (Å²) in [5.41, 5.74) is 17.9. The zero-order valence-electron chi connectivity index (χ0n) is 22.2. The number of guanidine groups is 1. The summed E-state index contributed by atoms with van der Waals surface area (Å²) in [6, 6.07) is 2.35. The van der Waals surface area contributed by atoms with Gasteiger partial charge in [-0.05, 0) is 30.9 Å². The second-order valence-corrected chi connectivity index (χ2v) is 9.62. The van der Waals surface area contributed by atoms with E-state index in [1.807, 2.05) is 18.2 Å². The van der Waals surface area contributed by atoms with Gasteiger partial charge in [0.25, 0.3) is 0 Å². The van der Waals surface area contributed by atoms with Gasteiger partial charge >= 0.3 is 11.9 Å². The van der Waals surface area contributed by atoms with E-state index in [4.69, 9.17) is 22.3 Å². The largest absolute Gasteiger partial charge is 0.481 e. The molecule has 0 spiro atoms. The van der Waals surface area contributed by atoms with Crippen molar-refractivity contribution in [3.63, 3.8) is 0 Å². The molecular weight excluding hydrogens is 556 g/mol. The molecule has 0 saturated carbocycles. The standard InChI is InChI=1S/C25H36N8O7S/c26-15(5-3-9-29-25(27)28)21(36)33-19(12-41)23(38)32-18(10-13-11-30-16-6-2-1-4-14(13)16)22(37)31-17(24(39)40)7-8-20(34)35/h1-2,4,6,11,15,17-19,30,41H,3,5,7-10,12,26H2,(H,31,37)(H,32,38)(H,33,36)(H,34,35)(H,39,40)(H4,27,28,29). The first kappa shape index (κ1) is 32.9. The van der Waals surface area contributed by atoms with Crippen molar-refractivity contribution in [2.45, 2.75) is 56.3 Å². The van der Waals surface area contributed by atoms with Gasteiger partial charge in [-0.1, -0.05) is 18.2 Å². The van der Waals surface area contributed by atoms with E-state index in [1.165, 1.54) is 0 Å². The minimum atomic E-state index is -1.50. The predicted octanol–water partition coefficient (Wildman–Crippen LogP) is -1.58. The molecule has 0 aliphatic carbocycles. The third-order valence-corrected chi connectivity index (χ3v) is 6.48. The molecule has 2 rings (SSSR count). The molecule has 12 N–H and O–H groups in total. The Kier molecular flexibility index (Phi) is 12.9. The maximum absolute atomic E-state index is 13.2. The second-order valence-electron chi connectivity index (χ2n) is 9.26. The quantitative estimate of drug-likeness (QED) is 0.0436. The number of amides is 3. The van der Waals surface area contributed by atoms with Gasteiger partial charge in [-0.3, -0.25) is 24.2 Å². The summed E-state index contributed by atoms with van der Waals surface area (Å²) in [6.45, 7) is 0.272. The normalized spacial score (nSPS) is 13.8. The SMILES string of the molecule is NC(N)=NCCCC(N)C(=O)NC(CS)C(=O)NC(Cc1c[nH]c2ccccc12)C(=O)NC(CCC(=O)O)C(=O)O. The number of hydrogen-bond donors (Lipinski definition) is 10. The molecule has 0 fully saturated rings. The van der Waals surface area contributed by atoms with Gasteiger partial charge in [-0.25, -0.2) is 4.79 Å². The van der Waals surface area contributed by atoms with Crippen LogP contribution < -0.4 is 33.2 Å². The lowest BCUT2D eigenvalue weighted by molar-refractivity contribution is -0.143. The Morgan fingerprint density at radius 2 is 1.56 bits per heavy atom. The smallest absolute Gasteiger partial charge is 0.326 e. The molecule has 0 radical (unpaired) electrons. The van der Waals surface area contributed by atoms with E-state index >= 15 is 0 Å². The van der Waals surface area contributed by atoms with Crippen molar-refractivity contribution < 1.29 is 34.2 Å². The number of aliphatic imine (C=N–C) groups is 1. The number of nitrogens with two attached hydrogens (primary N) is 3. The molecule has 1 aromatic heterocycles. The Hall–Kier alpha value is -4.31. The van der Waals surface area contributed by atoms with Crippen molar-refractivity contribution in [2.24, 2.45) is 22.2 Å². The highest BCUT2D eigenvalue weighted by atomic mass is 32.1. The zero-order chi connectivity index (χ0) is 30.5. The number of aliphatic carboxylic acids is 2. The van der Waals surface area contributed by atoms with Crippen LogP contribution in [0.2, 0.25) is 0 Å². The topological polar surface area (TPSA) is 268 Å². The Bertz CT molecular complexity index is 1260. The number of rotatable bonds is 17. The number of aromatic nitrogens is 1. The fourth-order valence-corrected chi connectivity index (χ4v) is 4.18.